The summed E-state index contributed by atoms with van der Waals surface area (Å²) in [4.78, 5) is 24.7. The van der Waals surface area contributed by atoms with Gasteiger partial charge in [0, 0.05) is 28.6 Å². The zero-order valence-electron chi connectivity index (χ0n) is 18.6. The second kappa shape index (κ2) is 10.9. The van der Waals surface area contributed by atoms with E-state index in [4.69, 9.17) is 44.3 Å². The molecular formula is C24H27Cl3N2O4. The van der Waals surface area contributed by atoms with Crippen LogP contribution in [0.5, 0.6) is 11.5 Å². The fourth-order valence-electron chi connectivity index (χ4n) is 4.31. The first kappa shape index (κ1) is 25.5. The first-order chi connectivity index (χ1) is 15.6. The van der Waals surface area contributed by atoms with Crippen LogP contribution in [0, 0.1) is 0 Å². The van der Waals surface area contributed by atoms with E-state index in [0.717, 1.165) is 0 Å². The van der Waals surface area contributed by atoms with Gasteiger partial charge in [0.2, 0.25) is 5.91 Å². The smallest absolute Gasteiger partial charge is 0.258 e. The molecule has 3 rings (SSSR count). The number of carbonyl (C=O) groups excluding carboxylic acids is 2. The lowest BCUT2D eigenvalue weighted by molar-refractivity contribution is -0.129. The van der Waals surface area contributed by atoms with Crippen LogP contribution in [-0.2, 0) is 9.59 Å². The Morgan fingerprint density at radius 2 is 1.55 bits per heavy atom. The molecule has 2 amide bonds. The van der Waals surface area contributed by atoms with Gasteiger partial charge < -0.3 is 20.1 Å². The molecule has 0 radical (unpaired) electrons. The van der Waals surface area contributed by atoms with E-state index < -0.39 is 5.54 Å². The van der Waals surface area contributed by atoms with E-state index in [2.05, 4.69) is 10.6 Å². The summed E-state index contributed by atoms with van der Waals surface area (Å²) < 4.78 is 11.1. The molecule has 0 bridgehead atoms. The largest absolute Gasteiger partial charge is 0.494 e. The lowest BCUT2D eigenvalue weighted by Crippen LogP contribution is -2.68. The van der Waals surface area contributed by atoms with Crippen molar-refractivity contribution in [2.24, 2.45) is 0 Å². The van der Waals surface area contributed by atoms with Gasteiger partial charge in [0.05, 0.1) is 16.7 Å². The molecule has 0 saturated heterocycles. The SMILES string of the molecule is CC1(NC(=O)CCCOc2cccc(Cl)c2)CC(C)(NC(=O)COc2ccc(Cl)c(Cl)c2)C1. The number of amides is 2. The quantitative estimate of drug-likeness (QED) is 0.415. The first-order valence-corrected chi connectivity index (χ1v) is 11.8. The third-order valence-electron chi connectivity index (χ3n) is 5.32. The molecule has 0 unspecified atom stereocenters. The Bertz CT molecular complexity index is 1010. The van der Waals surface area contributed by atoms with Crippen LogP contribution in [0.2, 0.25) is 15.1 Å². The van der Waals surface area contributed by atoms with Gasteiger partial charge in [-0.05, 0) is 63.4 Å². The maximum absolute atomic E-state index is 12.3. The number of halogens is 3. The van der Waals surface area contributed by atoms with E-state index in [-0.39, 0.29) is 24.0 Å². The minimum Gasteiger partial charge on any atom is -0.494 e. The molecule has 2 N–H and O–H groups in total. The second-order valence-corrected chi connectivity index (χ2v) is 10.1. The van der Waals surface area contributed by atoms with Gasteiger partial charge in [0.25, 0.3) is 5.91 Å². The van der Waals surface area contributed by atoms with Gasteiger partial charge in [-0.1, -0.05) is 40.9 Å². The molecule has 1 aliphatic carbocycles. The molecule has 33 heavy (non-hydrogen) atoms. The summed E-state index contributed by atoms with van der Waals surface area (Å²) in [7, 11) is 0. The van der Waals surface area contributed by atoms with Gasteiger partial charge in [-0.2, -0.15) is 0 Å². The summed E-state index contributed by atoms with van der Waals surface area (Å²) in [6.07, 6.45) is 2.21. The Labute approximate surface area is 208 Å². The highest BCUT2D eigenvalue weighted by Crippen LogP contribution is 2.41. The van der Waals surface area contributed by atoms with Crippen LogP contribution in [0.25, 0.3) is 0 Å². The van der Waals surface area contributed by atoms with Crippen LogP contribution < -0.4 is 20.1 Å². The van der Waals surface area contributed by atoms with Crippen molar-refractivity contribution in [1.29, 1.82) is 0 Å². The third kappa shape index (κ3) is 7.70. The van der Waals surface area contributed by atoms with Gasteiger partial charge in [0.1, 0.15) is 11.5 Å². The summed E-state index contributed by atoms with van der Waals surface area (Å²) in [6, 6.07) is 12.0. The Balaban J connectivity index is 1.34. The topological polar surface area (TPSA) is 76.7 Å². The Morgan fingerprint density at radius 1 is 0.879 bits per heavy atom. The standard InChI is InChI=1S/C24H27Cl3N2O4/c1-23(28-21(30)7-4-10-32-17-6-3-5-16(25)11-17)14-24(2,15-23)29-22(31)13-33-18-8-9-19(26)20(27)12-18/h3,5-6,8-9,11-12H,4,7,10,13-15H2,1-2H3,(H,28,30)(H,29,31). The van der Waals surface area contributed by atoms with Crippen LogP contribution in [-0.4, -0.2) is 36.1 Å². The maximum Gasteiger partial charge on any atom is 0.258 e. The Kier molecular flexibility index (Phi) is 8.38. The zero-order chi connectivity index (χ0) is 24.1. The van der Waals surface area contributed by atoms with Crippen molar-refractivity contribution in [3.8, 4) is 11.5 Å². The summed E-state index contributed by atoms with van der Waals surface area (Å²) in [6.45, 7) is 4.23. The molecule has 9 heteroatoms. The monoisotopic (exact) mass is 512 g/mol. The molecule has 0 spiro atoms. The normalized spacial score (nSPS) is 21.6. The van der Waals surface area contributed by atoms with E-state index in [1.165, 1.54) is 0 Å². The maximum atomic E-state index is 12.3. The molecule has 1 saturated carbocycles. The van der Waals surface area contributed by atoms with Crippen LogP contribution >= 0.6 is 34.8 Å². The predicted octanol–water partition coefficient (Wildman–Crippen LogP) is 5.43. The summed E-state index contributed by atoms with van der Waals surface area (Å²) in [5.74, 6) is 0.872. The molecule has 178 valence electrons. The molecule has 0 aromatic heterocycles. The molecule has 1 fully saturated rings. The van der Waals surface area contributed by atoms with E-state index >= 15 is 0 Å². The van der Waals surface area contributed by atoms with Crippen LogP contribution in [0.4, 0.5) is 0 Å². The number of benzene rings is 2. The number of carbonyl (C=O) groups is 2. The Morgan fingerprint density at radius 3 is 2.21 bits per heavy atom. The third-order valence-corrected chi connectivity index (χ3v) is 6.29. The van der Waals surface area contributed by atoms with E-state index in [9.17, 15) is 9.59 Å². The number of hydrogen-bond acceptors (Lipinski definition) is 4. The van der Waals surface area contributed by atoms with Crippen LogP contribution in [0.15, 0.2) is 42.5 Å². The van der Waals surface area contributed by atoms with Crippen molar-refractivity contribution >= 4 is 46.6 Å². The highest BCUT2D eigenvalue weighted by atomic mass is 35.5. The molecule has 2 aromatic rings. The summed E-state index contributed by atoms with van der Waals surface area (Å²) in [5.41, 5.74) is -0.771. The predicted molar refractivity (Wildman–Crippen MR) is 130 cm³/mol. The zero-order valence-corrected chi connectivity index (χ0v) is 20.8. The lowest BCUT2D eigenvalue weighted by Gasteiger charge is -2.53. The lowest BCUT2D eigenvalue weighted by atomic mass is 9.64. The summed E-state index contributed by atoms with van der Waals surface area (Å²) in [5, 5.41) is 7.46. The van der Waals surface area contributed by atoms with E-state index in [1.807, 2.05) is 26.0 Å². The van der Waals surface area contributed by atoms with E-state index in [0.29, 0.717) is 58.9 Å². The summed E-state index contributed by atoms with van der Waals surface area (Å²) >= 11 is 17.8. The van der Waals surface area contributed by atoms with Crippen LogP contribution in [0.3, 0.4) is 0 Å². The molecule has 0 heterocycles. The van der Waals surface area contributed by atoms with Crippen molar-refractivity contribution in [2.45, 2.75) is 50.6 Å². The molecule has 0 aliphatic heterocycles. The molecule has 2 aromatic carbocycles. The number of ether oxygens (including phenoxy) is 2. The van der Waals surface area contributed by atoms with Crippen molar-refractivity contribution in [1.82, 2.24) is 10.6 Å². The van der Waals surface area contributed by atoms with Gasteiger partial charge in [-0.15, -0.1) is 0 Å². The van der Waals surface area contributed by atoms with Crippen molar-refractivity contribution < 1.29 is 19.1 Å². The van der Waals surface area contributed by atoms with Crippen LogP contribution in [0.1, 0.15) is 39.5 Å². The first-order valence-electron chi connectivity index (χ1n) is 10.6. The number of rotatable bonds is 10. The fourth-order valence-corrected chi connectivity index (χ4v) is 4.78. The average Bonchev–Trinajstić information content (AvgIpc) is 2.71. The molecule has 0 atom stereocenters. The number of nitrogens with one attached hydrogen (secondary N) is 2. The van der Waals surface area contributed by atoms with Crippen molar-refractivity contribution in [3.63, 3.8) is 0 Å². The fraction of sp³-hybridized carbons (Fsp3) is 0.417. The molecular weight excluding hydrogens is 487 g/mol. The highest BCUT2D eigenvalue weighted by Gasteiger charge is 2.50. The average molecular weight is 514 g/mol. The molecule has 6 nitrogen and oxygen atoms in total. The van der Waals surface area contributed by atoms with Gasteiger partial charge in [-0.25, -0.2) is 0 Å². The minimum absolute atomic E-state index is 0.0384. The van der Waals surface area contributed by atoms with Gasteiger partial charge in [-0.3, -0.25) is 9.59 Å². The van der Waals surface area contributed by atoms with E-state index in [1.54, 1.807) is 30.3 Å². The highest BCUT2D eigenvalue weighted by molar-refractivity contribution is 6.42. The van der Waals surface area contributed by atoms with Gasteiger partial charge >= 0.3 is 0 Å². The minimum atomic E-state index is -0.407. The second-order valence-electron chi connectivity index (χ2n) is 8.85. The Hall–Kier alpha value is -2.15. The van der Waals surface area contributed by atoms with Crippen molar-refractivity contribution in [3.05, 3.63) is 57.5 Å². The number of hydrogen-bond donors (Lipinski definition) is 2. The van der Waals surface area contributed by atoms with Gasteiger partial charge in [0.15, 0.2) is 6.61 Å². The molecule has 1 aliphatic rings. The van der Waals surface area contributed by atoms with Crippen molar-refractivity contribution in [2.75, 3.05) is 13.2 Å².